The zero-order valence-corrected chi connectivity index (χ0v) is 8.84. The lowest BCUT2D eigenvalue weighted by Crippen LogP contribution is -2.18. The Bertz CT molecular complexity index is 419. The summed E-state index contributed by atoms with van der Waals surface area (Å²) in [5, 5.41) is 12.9. The number of carbonyl (C=O) groups excluding carboxylic acids is 1. The van der Waals surface area contributed by atoms with Crippen LogP contribution >= 0.6 is 11.6 Å². The Labute approximate surface area is 91.8 Å². The molecule has 0 aliphatic carbocycles. The lowest BCUT2D eigenvalue weighted by molar-refractivity contribution is 0.177. The van der Waals surface area contributed by atoms with E-state index in [1.54, 1.807) is 19.1 Å². The van der Waals surface area contributed by atoms with E-state index in [-0.39, 0.29) is 18.4 Å². The van der Waals surface area contributed by atoms with Gasteiger partial charge < -0.3 is 15.2 Å². The number of aryl methyl sites for hydroxylation is 1. The number of rotatable bonds is 1. The average Bonchev–Trinajstić information content (AvgIpc) is 2.58. The van der Waals surface area contributed by atoms with Crippen LogP contribution in [0.15, 0.2) is 12.1 Å². The molecule has 1 aromatic rings. The van der Waals surface area contributed by atoms with E-state index >= 15 is 0 Å². The number of hydrogen-bond acceptors (Lipinski definition) is 3. The topological polar surface area (TPSA) is 58.6 Å². The van der Waals surface area contributed by atoms with Crippen molar-refractivity contribution in [1.82, 2.24) is 5.32 Å². The molecule has 0 radical (unpaired) electrons. The normalized spacial score (nSPS) is 19.9. The quantitative estimate of drug-likeness (QED) is 0.773. The molecule has 1 aromatic carbocycles. The molecule has 5 heteroatoms. The van der Waals surface area contributed by atoms with Gasteiger partial charge >= 0.3 is 6.09 Å². The second-order valence-electron chi connectivity index (χ2n) is 3.46. The standard InChI is InChI=1S/C10H10ClNO3/c1-5-2-6(11)3-7(9(5)13)8-4-15-10(14)12-8/h2-3,8,13H,4H2,1H3,(H,12,14)/t8-/m0/s1. The van der Waals surface area contributed by atoms with E-state index in [1.807, 2.05) is 0 Å². The van der Waals surface area contributed by atoms with E-state index in [0.717, 1.165) is 0 Å². The van der Waals surface area contributed by atoms with Crippen LogP contribution in [-0.4, -0.2) is 17.8 Å². The summed E-state index contributed by atoms with van der Waals surface area (Å²) >= 11 is 5.87. The highest BCUT2D eigenvalue weighted by atomic mass is 35.5. The van der Waals surface area contributed by atoms with Crippen molar-refractivity contribution < 1.29 is 14.6 Å². The van der Waals surface area contributed by atoms with Crippen molar-refractivity contribution in [2.24, 2.45) is 0 Å². The minimum absolute atomic E-state index is 0.148. The van der Waals surface area contributed by atoms with Crippen LogP contribution in [0.2, 0.25) is 5.02 Å². The van der Waals surface area contributed by atoms with Gasteiger partial charge in [0.25, 0.3) is 0 Å². The molecular weight excluding hydrogens is 218 g/mol. The van der Waals surface area contributed by atoms with Crippen LogP contribution in [0, 0.1) is 6.92 Å². The maximum atomic E-state index is 10.9. The highest BCUT2D eigenvalue weighted by molar-refractivity contribution is 6.30. The second-order valence-corrected chi connectivity index (χ2v) is 3.89. The zero-order valence-electron chi connectivity index (χ0n) is 8.08. The molecule has 2 rings (SSSR count). The number of hydrogen-bond donors (Lipinski definition) is 2. The molecule has 0 saturated carbocycles. The summed E-state index contributed by atoms with van der Waals surface area (Å²) in [6.45, 7) is 1.97. The highest BCUT2D eigenvalue weighted by Crippen LogP contribution is 2.32. The first kappa shape index (κ1) is 10.1. The molecule has 0 unspecified atom stereocenters. The molecule has 1 atom stereocenters. The van der Waals surface area contributed by atoms with Gasteiger partial charge in [0.15, 0.2) is 0 Å². The van der Waals surface area contributed by atoms with Crippen LogP contribution in [0.1, 0.15) is 17.2 Å². The number of nitrogens with one attached hydrogen (secondary N) is 1. The molecule has 4 nitrogen and oxygen atoms in total. The fourth-order valence-corrected chi connectivity index (χ4v) is 1.86. The number of phenols is 1. The van der Waals surface area contributed by atoms with Gasteiger partial charge in [0, 0.05) is 10.6 Å². The molecule has 0 spiro atoms. The molecule has 1 heterocycles. The number of cyclic esters (lactones) is 1. The van der Waals surface area contributed by atoms with Gasteiger partial charge in [-0.1, -0.05) is 11.6 Å². The Hall–Kier alpha value is -1.42. The van der Waals surface area contributed by atoms with Gasteiger partial charge in [-0.3, -0.25) is 0 Å². The zero-order chi connectivity index (χ0) is 11.0. The van der Waals surface area contributed by atoms with Gasteiger partial charge in [-0.2, -0.15) is 0 Å². The minimum Gasteiger partial charge on any atom is -0.507 e. The second kappa shape index (κ2) is 3.62. The van der Waals surface area contributed by atoms with E-state index in [0.29, 0.717) is 16.1 Å². The summed E-state index contributed by atoms with van der Waals surface area (Å²) in [4.78, 5) is 10.9. The third kappa shape index (κ3) is 1.85. The average molecular weight is 228 g/mol. The monoisotopic (exact) mass is 227 g/mol. The molecule has 1 aliphatic rings. The van der Waals surface area contributed by atoms with E-state index in [1.165, 1.54) is 0 Å². The lowest BCUT2D eigenvalue weighted by atomic mass is 10.0. The Kier molecular flexibility index (Phi) is 2.44. The van der Waals surface area contributed by atoms with E-state index in [9.17, 15) is 9.90 Å². The predicted molar refractivity (Wildman–Crippen MR) is 55.1 cm³/mol. The number of aromatic hydroxyl groups is 1. The Balaban J connectivity index is 2.39. The van der Waals surface area contributed by atoms with Crippen molar-refractivity contribution in [1.29, 1.82) is 0 Å². The number of alkyl carbamates (subject to hydrolysis) is 1. The largest absolute Gasteiger partial charge is 0.507 e. The van der Waals surface area contributed by atoms with Crippen molar-refractivity contribution in [2.45, 2.75) is 13.0 Å². The van der Waals surface area contributed by atoms with Gasteiger partial charge in [-0.25, -0.2) is 4.79 Å². The van der Waals surface area contributed by atoms with Crippen molar-refractivity contribution in [2.75, 3.05) is 6.61 Å². The summed E-state index contributed by atoms with van der Waals surface area (Å²) < 4.78 is 4.75. The molecule has 0 bridgehead atoms. The SMILES string of the molecule is Cc1cc(Cl)cc([C@@H]2COC(=O)N2)c1O. The Morgan fingerprint density at radius 3 is 2.93 bits per heavy atom. The van der Waals surface area contributed by atoms with Crippen molar-refractivity contribution in [3.63, 3.8) is 0 Å². The molecule has 80 valence electrons. The molecule has 1 fully saturated rings. The molecule has 1 saturated heterocycles. The van der Waals surface area contributed by atoms with Crippen molar-refractivity contribution in [3.05, 3.63) is 28.3 Å². The summed E-state index contributed by atoms with van der Waals surface area (Å²) in [5.41, 5.74) is 1.27. The van der Waals surface area contributed by atoms with Crippen LogP contribution in [0.25, 0.3) is 0 Å². The van der Waals surface area contributed by atoms with Gasteiger partial charge in [0.2, 0.25) is 0 Å². The third-order valence-electron chi connectivity index (χ3n) is 2.34. The summed E-state index contributed by atoms with van der Waals surface area (Å²) in [6, 6.07) is 2.97. The first-order chi connectivity index (χ1) is 7.08. The van der Waals surface area contributed by atoms with Gasteiger partial charge in [0.05, 0.1) is 6.04 Å². The smallest absolute Gasteiger partial charge is 0.407 e. The van der Waals surface area contributed by atoms with Gasteiger partial charge in [0.1, 0.15) is 12.4 Å². The van der Waals surface area contributed by atoms with E-state index < -0.39 is 6.09 Å². The number of ether oxygens (including phenoxy) is 1. The highest BCUT2D eigenvalue weighted by Gasteiger charge is 2.26. The van der Waals surface area contributed by atoms with Gasteiger partial charge in [-0.15, -0.1) is 0 Å². The van der Waals surface area contributed by atoms with Gasteiger partial charge in [-0.05, 0) is 24.6 Å². The fraction of sp³-hybridized carbons (Fsp3) is 0.300. The van der Waals surface area contributed by atoms with Crippen LogP contribution in [0.5, 0.6) is 5.75 Å². The van der Waals surface area contributed by atoms with E-state index in [4.69, 9.17) is 16.3 Å². The molecular formula is C10H10ClNO3. The molecule has 1 aliphatic heterocycles. The van der Waals surface area contributed by atoms with Crippen LogP contribution in [0.4, 0.5) is 4.79 Å². The number of amides is 1. The first-order valence-corrected chi connectivity index (χ1v) is 4.88. The lowest BCUT2D eigenvalue weighted by Gasteiger charge is -2.12. The number of phenolic OH excluding ortho intramolecular Hbond substituents is 1. The van der Waals surface area contributed by atoms with Crippen LogP contribution < -0.4 is 5.32 Å². The molecule has 15 heavy (non-hydrogen) atoms. The number of benzene rings is 1. The molecule has 1 amide bonds. The van der Waals surface area contributed by atoms with Crippen LogP contribution in [0.3, 0.4) is 0 Å². The molecule has 0 aromatic heterocycles. The minimum atomic E-state index is -0.475. The summed E-state index contributed by atoms with van der Waals surface area (Å²) in [5.74, 6) is 0.148. The predicted octanol–water partition coefficient (Wildman–Crippen LogP) is 2.13. The summed E-state index contributed by atoms with van der Waals surface area (Å²) in [6.07, 6.45) is -0.475. The molecule has 2 N–H and O–H groups in total. The third-order valence-corrected chi connectivity index (χ3v) is 2.56. The fourth-order valence-electron chi connectivity index (χ4n) is 1.58. The Morgan fingerprint density at radius 1 is 1.60 bits per heavy atom. The maximum Gasteiger partial charge on any atom is 0.407 e. The van der Waals surface area contributed by atoms with Crippen molar-refractivity contribution in [3.8, 4) is 5.75 Å². The first-order valence-electron chi connectivity index (χ1n) is 4.50. The van der Waals surface area contributed by atoms with Crippen LogP contribution in [-0.2, 0) is 4.74 Å². The van der Waals surface area contributed by atoms with Crippen molar-refractivity contribution >= 4 is 17.7 Å². The number of carbonyl (C=O) groups is 1. The number of halogens is 1. The summed E-state index contributed by atoms with van der Waals surface area (Å²) in [7, 11) is 0. The Morgan fingerprint density at radius 2 is 2.33 bits per heavy atom. The van der Waals surface area contributed by atoms with E-state index in [2.05, 4.69) is 5.32 Å². The maximum absolute atomic E-state index is 10.9.